The van der Waals surface area contributed by atoms with Crippen LogP contribution >= 0.6 is 0 Å². The van der Waals surface area contributed by atoms with Crippen molar-refractivity contribution in [3.8, 4) is 0 Å². The number of hydrogen-bond acceptors (Lipinski definition) is 6. The smallest absolute Gasteiger partial charge is 0.232 e. The van der Waals surface area contributed by atoms with Crippen LogP contribution in [0, 0.1) is 6.92 Å². The average Bonchev–Trinajstić information content (AvgIpc) is 2.74. The number of piperazine rings is 1. The Kier molecular flexibility index (Phi) is 3.54. The summed E-state index contributed by atoms with van der Waals surface area (Å²) in [6.07, 6.45) is 0.322. The quantitative estimate of drug-likeness (QED) is 0.748. The number of anilines is 2. The van der Waals surface area contributed by atoms with Crippen LogP contribution < -0.4 is 16.0 Å². The Labute approximate surface area is 118 Å². The molecule has 0 bridgehead atoms. The van der Waals surface area contributed by atoms with E-state index in [1.165, 1.54) is 0 Å². The lowest BCUT2D eigenvalue weighted by Crippen LogP contribution is -2.46. The zero-order valence-corrected chi connectivity index (χ0v) is 11.7. The molecular formula is C13H20N6O. The average molecular weight is 276 g/mol. The van der Waals surface area contributed by atoms with E-state index in [1.807, 2.05) is 0 Å². The van der Waals surface area contributed by atoms with Crippen LogP contribution in [-0.2, 0) is 11.2 Å². The van der Waals surface area contributed by atoms with Crippen molar-refractivity contribution in [2.75, 3.05) is 49.9 Å². The molecule has 1 aromatic rings. The lowest BCUT2D eigenvalue weighted by Gasteiger charge is -2.29. The van der Waals surface area contributed by atoms with E-state index in [4.69, 9.17) is 5.73 Å². The summed E-state index contributed by atoms with van der Waals surface area (Å²) in [6.45, 7) is 7.42. The number of nitrogens with zero attached hydrogens (tertiary/aromatic N) is 4. The molecule has 1 aromatic heterocycles. The maximum Gasteiger partial charge on any atom is 0.232 e. The van der Waals surface area contributed by atoms with Gasteiger partial charge in [0.25, 0.3) is 0 Å². The standard InChI is InChI=1S/C13H20N6O/c1-9-16-12(14)10-8-11(20)19(13(10)17-9)7-6-18-4-2-15-3-5-18/h15H,2-8H2,1H3,(H2,14,16,17). The van der Waals surface area contributed by atoms with Crippen molar-refractivity contribution in [2.24, 2.45) is 0 Å². The van der Waals surface area contributed by atoms with Gasteiger partial charge in [-0.3, -0.25) is 14.6 Å². The largest absolute Gasteiger partial charge is 0.383 e. The van der Waals surface area contributed by atoms with E-state index in [0.29, 0.717) is 30.4 Å². The molecule has 20 heavy (non-hydrogen) atoms. The molecule has 7 heteroatoms. The fourth-order valence-electron chi connectivity index (χ4n) is 2.77. The molecule has 0 unspecified atom stereocenters. The highest BCUT2D eigenvalue weighted by atomic mass is 16.2. The monoisotopic (exact) mass is 276 g/mol. The fraction of sp³-hybridized carbons (Fsp3) is 0.615. The molecule has 1 amide bonds. The summed E-state index contributed by atoms with van der Waals surface area (Å²) in [5.41, 5.74) is 6.67. The van der Waals surface area contributed by atoms with Gasteiger partial charge in [-0.2, -0.15) is 0 Å². The van der Waals surface area contributed by atoms with Crippen molar-refractivity contribution in [2.45, 2.75) is 13.3 Å². The molecule has 7 nitrogen and oxygen atoms in total. The molecule has 2 aliphatic rings. The van der Waals surface area contributed by atoms with Gasteiger partial charge in [0.05, 0.1) is 6.42 Å². The summed E-state index contributed by atoms with van der Waals surface area (Å²) >= 11 is 0. The molecule has 1 fully saturated rings. The van der Waals surface area contributed by atoms with Crippen molar-refractivity contribution in [3.63, 3.8) is 0 Å². The van der Waals surface area contributed by atoms with E-state index in [0.717, 1.165) is 38.3 Å². The maximum atomic E-state index is 12.1. The van der Waals surface area contributed by atoms with Crippen LogP contribution in [0.25, 0.3) is 0 Å². The third-order valence-corrected chi connectivity index (χ3v) is 3.86. The molecule has 0 aromatic carbocycles. The number of nitrogens with two attached hydrogens (primary N) is 1. The second-order valence-corrected chi connectivity index (χ2v) is 5.27. The number of nitrogen functional groups attached to an aromatic ring is 1. The highest BCUT2D eigenvalue weighted by molar-refractivity contribution is 6.01. The van der Waals surface area contributed by atoms with Crippen LogP contribution in [0.4, 0.5) is 11.6 Å². The summed E-state index contributed by atoms with van der Waals surface area (Å²) < 4.78 is 0. The Hall–Kier alpha value is -1.73. The van der Waals surface area contributed by atoms with E-state index in [-0.39, 0.29) is 5.91 Å². The zero-order valence-electron chi connectivity index (χ0n) is 11.7. The normalized spacial score (nSPS) is 19.4. The van der Waals surface area contributed by atoms with Crippen molar-refractivity contribution < 1.29 is 4.79 Å². The minimum absolute atomic E-state index is 0.0711. The van der Waals surface area contributed by atoms with Crippen LogP contribution in [0.2, 0.25) is 0 Å². The molecule has 0 saturated carbocycles. The minimum atomic E-state index is 0.0711. The number of nitrogens with one attached hydrogen (secondary N) is 1. The Morgan fingerprint density at radius 3 is 2.75 bits per heavy atom. The van der Waals surface area contributed by atoms with Gasteiger partial charge in [0, 0.05) is 44.8 Å². The summed E-state index contributed by atoms with van der Waals surface area (Å²) in [5, 5.41) is 3.32. The van der Waals surface area contributed by atoms with E-state index >= 15 is 0 Å². The number of carbonyl (C=O) groups is 1. The second-order valence-electron chi connectivity index (χ2n) is 5.27. The Morgan fingerprint density at radius 2 is 2.00 bits per heavy atom. The summed E-state index contributed by atoms with van der Waals surface area (Å²) in [6, 6.07) is 0. The molecular weight excluding hydrogens is 256 g/mol. The molecule has 1 saturated heterocycles. The first kappa shape index (κ1) is 13.3. The number of aromatic nitrogens is 2. The number of aryl methyl sites for hydroxylation is 1. The van der Waals surface area contributed by atoms with Crippen LogP contribution in [-0.4, -0.2) is 60.0 Å². The first-order chi connectivity index (χ1) is 9.65. The van der Waals surface area contributed by atoms with Crippen LogP contribution in [0.1, 0.15) is 11.4 Å². The number of fused-ring (bicyclic) bond motifs is 1. The SMILES string of the molecule is Cc1nc(N)c2c(n1)N(CCN1CCNCC1)C(=O)C2. The molecule has 0 spiro atoms. The maximum absolute atomic E-state index is 12.1. The number of rotatable bonds is 3. The van der Waals surface area contributed by atoms with Gasteiger partial charge in [-0.1, -0.05) is 0 Å². The highest BCUT2D eigenvalue weighted by Gasteiger charge is 2.31. The highest BCUT2D eigenvalue weighted by Crippen LogP contribution is 2.29. The third-order valence-electron chi connectivity index (χ3n) is 3.86. The summed E-state index contributed by atoms with van der Waals surface area (Å²) in [5.74, 6) is 1.82. The molecule has 2 aliphatic heterocycles. The van der Waals surface area contributed by atoms with Crippen LogP contribution in [0.5, 0.6) is 0 Å². The van der Waals surface area contributed by atoms with Gasteiger partial charge >= 0.3 is 0 Å². The lowest BCUT2D eigenvalue weighted by atomic mass is 10.2. The summed E-state index contributed by atoms with van der Waals surface area (Å²) in [7, 11) is 0. The van der Waals surface area contributed by atoms with Crippen molar-refractivity contribution in [3.05, 3.63) is 11.4 Å². The molecule has 3 N–H and O–H groups in total. The first-order valence-electron chi connectivity index (χ1n) is 7.01. The van der Waals surface area contributed by atoms with Crippen molar-refractivity contribution in [1.82, 2.24) is 20.2 Å². The van der Waals surface area contributed by atoms with Crippen LogP contribution in [0.15, 0.2) is 0 Å². The lowest BCUT2D eigenvalue weighted by molar-refractivity contribution is -0.117. The molecule has 3 heterocycles. The molecule has 108 valence electrons. The molecule has 0 radical (unpaired) electrons. The van der Waals surface area contributed by atoms with E-state index in [2.05, 4.69) is 20.2 Å². The first-order valence-corrected chi connectivity index (χ1v) is 7.01. The number of amides is 1. The molecule has 0 aliphatic carbocycles. The number of carbonyl (C=O) groups excluding carboxylic acids is 1. The third kappa shape index (κ3) is 2.46. The summed E-state index contributed by atoms with van der Waals surface area (Å²) in [4.78, 5) is 24.8. The van der Waals surface area contributed by atoms with Crippen LogP contribution in [0.3, 0.4) is 0 Å². The molecule has 3 rings (SSSR count). The van der Waals surface area contributed by atoms with E-state index < -0.39 is 0 Å². The fourth-order valence-corrected chi connectivity index (χ4v) is 2.77. The predicted molar refractivity (Wildman–Crippen MR) is 76.5 cm³/mol. The zero-order chi connectivity index (χ0) is 14.1. The molecule has 0 atom stereocenters. The van der Waals surface area contributed by atoms with E-state index in [9.17, 15) is 4.79 Å². The van der Waals surface area contributed by atoms with Gasteiger partial charge in [0.1, 0.15) is 17.5 Å². The van der Waals surface area contributed by atoms with E-state index in [1.54, 1.807) is 11.8 Å². The Morgan fingerprint density at radius 1 is 1.25 bits per heavy atom. The van der Waals surface area contributed by atoms with Gasteiger partial charge in [-0.05, 0) is 6.92 Å². The Balaban J connectivity index is 1.73. The van der Waals surface area contributed by atoms with Gasteiger partial charge < -0.3 is 11.1 Å². The van der Waals surface area contributed by atoms with Gasteiger partial charge in [-0.25, -0.2) is 9.97 Å². The van der Waals surface area contributed by atoms with Gasteiger partial charge in [0.15, 0.2) is 0 Å². The second kappa shape index (κ2) is 5.34. The van der Waals surface area contributed by atoms with Crippen molar-refractivity contribution in [1.29, 1.82) is 0 Å². The van der Waals surface area contributed by atoms with Gasteiger partial charge in [-0.15, -0.1) is 0 Å². The topological polar surface area (TPSA) is 87.4 Å². The minimum Gasteiger partial charge on any atom is -0.383 e. The van der Waals surface area contributed by atoms with Crippen molar-refractivity contribution >= 4 is 17.5 Å². The number of hydrogen-bond donors (Lipinski definition) is 2. The van der Waals surface area contributed by atoms with Gasteiger partial charge in [0.2, 0.25) is 5.91 Å². The predicted octanol–water partition coefficient (Wildman–Crippen LogP) is -0.838. The Bertz CT molecular complexity index is 526.